The number of carbonyl (C=O) groups excluding carboxylic acids is 1. The summed E-state index contributed by atoms with van der Waals surface area (Å²) in [6.45, 7) is 2.16. The molecule has 0 bridgehead atoms. The SMILES string of the molecule is Cc1ccc(COC(=O)Nc2ccc(S(C)(=O)=O)cc2)cc1. The fourth-order valence-corrected chi connectivity index (χ4v) is 2.40. The Kier molecular flexibility index (Phi) is 4.82. The molecular formula is C16H17NO4S. The molecule has 0 aliphatic rings. The summed E-state index contributed by atoms with van der Waals surface area (Å²) in [7, 11) is -3.24. The van der Waals surface area contributed by atoms with Crippen molar-refractivity contribution in [1.29, 1.82) is 0 Å². The predicted molar refractivity (Wildman–Crippen MR) is 84.5 cm³/mol. The summed E-state index contributed by atoms with van der Waals surface area (Å²) in [6.07, 6.45) is 0.540. The monoisotopic (exact) mass is 319 g/mol. The maximum absolute atomic E-state index is 11.7. The first-order valence-corrected chi connectivity index (χ1v) is 8.53. The number of aryl methyl sites for hydroxylation is 1. The van der Waals surface area contributed by atoms with E-state index in [9.17, 15) is 13.2 Å². The number of hydrogen-bond donors (Lipinski definition) is 1. The zero-order valence-electron chi connectivity index (χ0n) is 12.4. The molecule has 0 atom stereocenters. The summed E-state index contributed by atoms with van der Waals surface area (Å²) in [5.41, 5.74) is 2.51. The fourth-order valence-electron chi connectivity index (χ4n) is 1.77. The Morgan fingerprint density at radius 1 is 1.05 bits per heavy atom. The predicted octanol–water partition coefficient (Wildman–Crippen LogP) is 3.15. The maximum atomic E-state index is 11.7. The highest BCUT2D eigenvalue weighted by Gasteiger charge is 2.08. The summed E-state index contributed by atoms with van der Waals surface area (Å²) in [5, 5.41) is 2.55. The van der Waals surface area contributed by atoms with E-state index in [0.29, 0.717) is 5.69 Å². The van der Waals surface area contributed by atoms with Crippen molar-refractivity contribution in [2.45, 2.75) is 18.4 Å². The maximum Gasteiger partial charge on any atom is 0.411 e. The minimum Gasteiger partial charge on any atom is -0.444 e. The van der Waals surface area contributed by atoms with Gasteiger partial charge in [-0.2, -0.15) is 0 Å². The van der Waals surface area contributed by atoms with Crippen molar-refractivity contribution in [3.8, 4) is 0 Å². The molecule has 2 aromatic carbocycles. The van der Waals surface area contributed by atoms with Crippen molar-refractivity contribution in [2.75, 3.05) is 11.6 Å². The van der Waals surface area contributed by atoms with Crippen LogP contribution in [0.5, 0.6) is 0 Å². The van der Waals surface area contributed by atoms with Gasteiger partial charge in [-0.1, -0.05) is 29.8 Å². The molecule has 0 saturated carbocycles. The van der Waals surface area contributed by atoms with Gasteiger partial charge in [-0.05, 0) is 36.8 Å². The molecule has 0 heterocycles. The van der Waals surface area contributed by atoms with Crippen LogP contribution in [0, 0.1) is 6.92 Å². The van der Waals surface area contributed by atoms with Crippen LogP contribution in [0.4, 0.5) is 10.5 Å². The molecule has 0 fully saturated rings. The zero-order chi connectivity index (χ0) is 16.2. The van der Waals surface area contributed by atoms with Crippen LogP contribution in [0.3, 0.4) is 0 Å². The Hall–Kier alpha value is -2.34. The van der Waals surface area contributed by atoms with E-state index in [-0.39, 0.29) is 11.5 Å². The number of sulfone groups is 1. The van der Waals surface area contributed by atoms with Crippen molar-refractivity contribution >= 4 is 21.6 Å². The van der Waals surface area contributed by atoms with Gasteiger partial charge in [0, 0.05) is 11.9 Å². The van der Waals surface area contributed by atoms with Gasteiger partial charge in [0.2, 0.25) is 0 Å². The quantitative estimate of drug-likeness (QED) is 0.939. The van der Waals surface area contributed by atoms with Crippen LogP contribution >= 0.6 is 0 Å². The van der Waals surface area contributed by atoms with E-state index >= 15 is 0 Å². The van der Waals surface area contributed by atoms with E-state index < -0.39 is 15.9 Å². The van der Waals surface area contributed by atoms with Crippen LogP contribution in [0.2, 0.25) is 0 Å². The molecule has 1 amide bonds. The highest BCUT2D eigenvalue weighted by molar-refractivity contribution is 7.90. The molecule has 5 nitrogen and oxygen atoms in total. The average Bonchev–Trinajstić information content (AvgIpc) is 2.46. The molecule has 0 aliphatic heterocycles. The van der Waals surface area contributed by atoms with Gasteiger partial charge in [-0.3, -0.25) is 5.32 Å². The summed E-state index contributed by atoms with van der Waals surface area (Å²) < 4.78 is 27.8. The summed E-state index contributed by atoms with van der Waals surface area (Å²) >= 11 is 0. The summed E-state index contributed by atoms with van der Waals surface area (Å²) in [5.74, 6) is 0. The van der Waals surface area contributed by atoms with E-state index in [4.69, 9.17) is 4.74 Å². The second-order valence-corrected chi connectivity index (χ2v) is 7.00. The van der Waals surface area contributed by atoms with Crippen LogP contribution in [0.1, 0.15) is 11.1 Å². The third-order valence-electron chi connectivity index (χ3n) is 3.02. The summed E-state index contributed by atoms with van der Waals surface area (Å²) in [6, 6.07) is 13.6. The largest absolute Gasteiger partial charge is 0.444 e. The van der Waals surface area contributed by atoms with Crippen molar-refractivity contribution in [2.24, 2.45) is 0 Å². The highest BCUT2D eigenvalue weighted by atomic mass is 32.2. The van der Waals surface area contributed by atoms with Crippen molar-refractivity contribution in [1.82, 2.24) is 0 Å². The molecule has 6 heteroatoms. The second-order valence-electron chi connectivity index (χ2n) is 4.98. The number of ether oxygens (including phenoxy) is 1. The molecular weight excluding hydrogens is 302 g/mol. The normalized spacial score (nSPS) is 11.0. The fraction of sp³-hybridized carbons (Fsp3) is 0.188. The molecule has 0 spiro atoms. The standard InChI is InChI=1S/C16H17NO4S/c1-12-3-5-13(6-4-12)11-21-16(18)17-14-7-9-15(10-8-14)22(2,19)20/h3-10H,11H2,1-2H3,(H,17,18). The van der Waals surface area contributed by atoms with Crippen molar-refractivity contribution in [3.05, 3.63) is 59.7 Å². The van der Waals surface area contributed by atoms with Gasteiger partial charge >= 0.3 is 6.09 Å². The minimum absolute atomic E-state index is 0.174. The Morgan fingerprint density at radius 2 is 1.64 bits per heavy atom. The van der Waals surface area contributed by atoms with Crippen LogP contribution in [-0.4, -0.2) is 20.8 Å². The number of anilines is 1. The minimum atomic E-state index is -3.24. The zero-order valence-corrected chi connectivity index (χ0v) is 13.2. The van der Waals surface area contributed by atoms with Crippen LogP contribution in [-0.2, 0) is 21.2 Å². The first kappa shape index (κ1) is 16.0. The Bertz CT molecular complexity index is 750. The van der Waals surface area contributed by atoms with Gasteiger partial charge in [0.25, 0.3) is 0 Å². The first-order valence-electron chi connectivity index (χ1n) is 6.64. The van der Waals surface area contributed by atoms with Gasteiger partial charge in [-0.25, -0.2) is 13.2 Å². The third-order valence-corrected chi connectivity index (χ3v) is 4.15. The molecule has 22 heavy (non-hydrogen) atoms. The summed E-state index contributed by atoms with van der Waals surface area (Å²) in [4.78, 5) is 11.9. The van der Waals surface area contributed by atoms with E-state index in [0.717, 1.165) is 17.4 Å². The highest BCUT2D eigenvalue weighted by Crippen LogP contribution is 2.14. The third kappa shape index (κ3) is 4.60. The Labute approximate surface area is 129 Å². The van der Waals surface area contributed by atoms with Crippen molar-refractivity contribution < 1.29 is 17.9 Å². The number of amides is 1. The number of hydrogen-bond acceptors (Lipinski definition) is 4. The smallest absolute Gasteiger partial charge is 0.411 e. The van der Waals surface area contributed by atoms with E-state index in [1.165, 1.54) is 24.3 Å². The van der Waals surface area contributed by atoms with Gasteiger partial charge in [0.1, 0.15) is 6.61 Å². The molecule has 0 radical (unpaired) electrons. The lowest BCUT2D eigenvalue weighted by Crippen LogP contribution is -2.13. The molecule has 2 rings (SSSR count). The molecule has 0 aromatic heterocycles. The lowest BCUT2D eigenvalue weighted by Gasteiger charge is -2.08. The van der Waals surface area contributed by atoms with Gasteiger partial charge in [-0.15, -0.1) is 0 Å². The topological polar surface area (TPSA) is 72.5 Å². The molecule has 0 saturated heterocycles. The first-order chi connectivity index (χ1) is 10.3. The molecule has 116 valence electrons. The Balaban J connectivity index is 1.90. The number of rotatable bonds is 4. The second kappa shape index (κ2) is 6.62. The van der Waals surface area contributed by atoms with Crippen molar-refractivity contribution in [3.63, 3.8) is 0 Å². The Morgan fingerprint density at radius 3 is 2.18 bits per heavy atom. The van der Waals surface area contributed by atoms with Crippen LogP contribution in [0.15, 0.2) is 53.4 Å². The average molecular weight is 319 g/mol. The lowest BCUT2D eigenvalue weighted by atomic mass is 10.2. The van der Waals surface area contributed by atoms with E-state index in [1.807, 2.05) is 31.2 Å². The van der Waals surface area contributed by atoms with E-state index in [1.54, 1.807) is 0 Å². The molecule has 0 aliphatic carbocycles. The molecule has 1 N–H and O–H groups in total. The number of carbonyl (C=O) groups is 1. The molecule has 2 aromatic rings. The van der Waals surface area contributed by atoms with E-state index in [2.05, 4.69) is 5.32 Å². The lowest BCUT2D eigenvalue weighted by molar-refractivity contribution is 0.155. The van der Waals surface area contributed by atoms with Gasteiger partial charge in [0.05, 0.1) is 4.90 Å². The van der Waals surface area contributed by atoms with Crippen LogP contribution < -0.4 is 5.32 Å². The van der Waals surface area contributed by atoms with Gasteiger partial charge < -0.3 is 4.74 Å². The number of benzene rings is 2. The number of nitrogens with one attached hydrogen (secondary N) is 1. The molecule has 0 unspecified atom stereocenters. The van der Waals surface area contributed by atoms with Crippen LogP contribution in [0.25, 0.3) is 0 Å². The van der Waals surface area contributed by atoms with Gasteiger partial charge in [0.15, 0.2) is 9.84 Å².